The minimum atomic E-state index is -3.46. The van der Waals surface area contributed by atoms with Gasteiger partial charge in [-0.05, 0) is 43.5 Å². The van der Waals surface area contributed by atoms with Gasteiger partial charge in [0.1, 0.15) is 0 Å². The molecule has 1 saturated heterocycles. The maximum Gasteiger partial charge on any atom is 0.243 e. The highest BCUT2D eigenvalue weighted by atomic mass is 32.2. The number of anilines is 1. The number of nitrogen functional groups attached to an aromatic ring is 1. The fourth-order valence-corrected chi connectivity index (χ4v) is 3.72. The Morgan fingerprint density at radius 1 is 1.32 bits per heavy atom. The number of ether oxygens (including phenoxy) is 1. The number of nitrogens with two attached hydrogens (primary N) is 1. The van der Waals surface area contributed by atoms with Crippen LogP contribution in [0.25, 0.3) is 0 Å². The second-order valence-corrected chi connectivity index (χ2v) is 6.88. The summed E-state index contributed by atoms with van der Waals surface area (Å²) in [6, 6.07) is 4.84. The Hall–Kier alpha value is -1.11. The van der Waals surface area contributed by atoms with Crippen LogP contribution in [0.1, 0.15) is 18.4 Å². The monoisotopic (exact) mass is 284 g/mol. The Morgan fingerprint density at radius 2 is 1.95 bits per heavy atom. The third-order valence-corrected chi connectivity index (χ3v) is 5.53. The molecule has 1 aromatic rings. The van der Waals surface area contributed by atoms with E-state index in [1.165, 1.54) is 4.31 Å². The molecule has 1 heterocycles. The predicted octanol–water partition coefficient (Wildman–Crippen LogP) is 1.38. The summed E-state index contributed by atoms with van der Waals surface area (Å²) in [5.41, 5.74) is 7.11. The van der Waals surface area contributed by atoms with Crippen LogP contribution in [0.3, 0.4) is 0 Å². The van der Waals surface area contributed by atoms with E-state index in [1.54, 1.807) is 25.2 Å². The molecule has 1 fully saturated rings. The highest BCUT2D eigenvalue weighted by Gasteiger charge is 2.29. The lowest BCUT2D eigenvalue weighted by molar-refractivity contribution is 0.0632. The van der Waals surface area contributed by atoms with Gasteiger partial charge in [-0.3, -0.25) is 0 Å². The van der Waals surface area contributed by atoms with Gasteiger partial charge in [0, 0.05) is 32.0 Å². The summed E-state index contributed by atoms with van der Waals surface area (Å²) >= 11 is 0. The summed E-state index contributed by atoms with van der Waals surface area (Å²) in [6.45, 7) is 3.04. The molecule has 2 rings (SSSR count). The van der Waals surface area contributed by atoms with Crippen LogP contribution in [0.15, 0.2) is 23.1 Å². The molecule has 106 valence electrons. The van der Waals surface area contributed by atoms with Crippen LogP contribution in [0, 0.1) is 6.92 Å². The van der Waals surface area contributed by atoms with Gasteiger partial charge in [0.25, 0.3) is 0 Å². The molecule has 6 heteroatoms. The first-order valence-corrected chi connectivity index (χ1v) is 7.79. The summed E-state index contributed by atoms with van der Waals surface area (Å²) in [7, 11) is -1.82. The summed E-state index contributed by atoms with van der Waals surface area (Å²) in [6.07, 6.45) is 1.48. The summed E-state index contributed by atoms with van der Waals surface area (Å²) in [5, 5.41) is 0. The second-order valence-electron chi connectivity index (χ2n) is 4.88. The van der Waals surface area contributed by atoms with E-state index in [1.807, 2.05) is 6.92 Å². The Labute approximate surface area is 114 Å². The number of sulfonamides is 1. The van der Waals surface area contributed by atoms with E-state index in [9.17, 15) is 8.42 Å². The Kier molecular flexibility index (Phi) is 4.13. The minimum absolute atomic E-state index is 0.0107. The van der Waals surface area contributed by atoms with E-state index < -0.39 is 10.0 Å². The maximum absolute atomic E-state index is 12.5. The van der Waals surface area contributed by atoms with Crippen LogP contribution in [0.4, 0.5) is 5.69 Å². The molecule has 0 bridgehead atoms. The average Bonchev–Trinajstić information content (AvgIpc) is 2.41. The topological polar surface area (TPSA) is 72.6 Å². The highest BCUT2D eigenvalue weighted by molar-refractivity contribution is 7.89. The first-order chi connectivity index (χ1) is 8.93. The Morgan fingerprint density at radius 3 is 2.53 bits per heavy atom. The molecule has 19 heavy (non-hydrogen) atoms. The molecule has 2 N–H and O–H groups in total. The first kappa shape index (κ1) is 14.3. The number of aryl methyl sites for hydroxylation is 1. The van der Waals surface area contributed by atoms with Crippen LogP contribution in [-0.4, -0.2) is 39.0 Å². The molecule has 1 aliphatic rings. The molecule has 1 aliphatic heterocycles. The largest absolute Gasteiger partial charge is 0.399 e. The van der Waals surface area contributed by atoms with Crippen LogP contribution >= 0.6 is 0 Å². The van der Waals surface area contributed by atoms with Crippen molar-refractivity contribution in [3.8, 4) is 0 Å². The van der Waals surface area contributed by atoms with E-state index in [-0.39, 0.29) is 6.04 Å². The second kappa shape index (κ2) is 5.48. The van der Waals surface area contributed by atoms with Crippen molar-refractivity contribution in [2.75, 3.05) is 26.0 Å². The zero-order chi connectivity index (χ0) is 14.0. The van der Waals surface area contributed by atoms with Gasteiger partial charge in [0.2, 0.25) is 10.0 Å². The molecule has 5 nitrogen and oxygen atoms in total. The molecular formula is C13H20N2O3S. The zero-order valence-electron chi connectivity index (χ0n) is 11.3. The molecule has 0 unspecified atom stereocenters. The van der Waals surface area contributed by atoms with Crippen LogP contribution < -0.4 is 5.73 Å². The lowest BCUT2D eigenvalue weighted by atomic mass is 10.1. The average molecular weight is 284 g/mol. The lowest BCUT2D eigenvalue weighted by Crippen LogP contribution is -2.40. The number of hydrogen-bond acceptors (Lipinski definition) is 4. The SMILES string of the molecule is Cc1cc(S(=O)(=O)N(C)C2CCOCC2)ccc1N. The van der Waals surface area contributed by atoms with Crippen LogP contribution in [-0.2, 0) is 14.8 Å². The third kappa shape index (κ3) is 2.91. The Bertz CT molecular complexity index is 551. The van der Waals surface area contributed by atoms with Gasteiger partial charge in [0.05, 0.1) is 4.90 Å². The summed E-state index contributed by atoms with van der Waals surface area (Å²) in [4.78, 5) is 0.299. The quantitative estimate of drug-likeness (QED) is 0.851. The van der Waals surface area contributed by atoms with Crippen molar-refractivity contribution in [3.05, 3.63) is 23.8 Å². The van der Waals surface area contributed by atoms with E-state index in [2.05, 4.69) is 0 Å². The smallest absolute Gasteiger partial charge is 0.243 e. The highest BCUT2D eigenvalue weighted by Crippen LogP contribution is 2.24. The van der Waals surface area contributed by atoms with E-state index in [0.717, 1.165) is 18.4 Å². The van der Waals surface area contributed by atoms with Crippen molar-refractivity contribution in [2.24, 2.45) is 0 Å². The number of benzene rings is 1. The van der Waals surface area contributed by atoms with Crippen LogP contribution in [0.2, 0.25) is 0 Å². The Balaban J connectivity index is 2.27. The van der Waals surface area contributed by atoms with Gasteiger partial charge in [-0.25, -0.2) is 8.42 Å². The fourth-order valence-electron chi connectivity index (χ4n) is 2.22. The van der Waals surface area contributed by atoms with Gasteiger partial charge in [-0.15, -0.1) is 0 Å². The van der Waals surface area contributed by atoms with Crippen molar-refractivity contribution in [1.29, 1.82) is 0 Å². The van der Waals surface area contributed by atoms with E-state index in [0.29, 0.717) is 23.8 Å². The number of nitrogens with zero attached hydrogens (tertiary/aromatic N) is 1. The molecule has 0 aliphatic carbocycles. The molecule has 0 radical (unpaired) electrons. The van der Waals surface area contributed by atoms with E-state index >= 15 is 0 Å². The van der Waals surface area contributed by atoms with E-state index in [4.69, 9.17) is 10.5 Å². The molecule has 0 aromatic heterocycles. The molecule has 1 aromatic carbocycles. The van der Waals surface area contributed by atoms with Crippen molar-refractivity contribution in [1.82, 2.24) is 4.31 Å². The van der Waals surface area contributed by atoms with Crippen molar-refractivity contribution in [2.45, 2.75) is 30.7 Å². The fraction of sp³-hybridized carbons (Fsp3) is 0.538. The van der Waals surface area contributed by atoms with Gasteiger partial charge in [-0.2, -0.15) is 4.31 Å². The lowest BCUT2D eigenvalue weighted by Gasteiger charge is -2.30. The van der Waals surface area contributed by atoms with Crippen molar-refractivity contribution in [3.63, 3.8) is 0 Å². The number of rotatable bonds is 3. The van der Waals surface area contributed by atoms with Crippen molar-refractivity contribution < 1.29 is 13.2 Å². The normalized spacial score (nSPS) is 17.8. The molecular weight excluding hydrogens is 264 g/mol. The van der Waals surface area contributed by atoms with Crippen molar-refractivity contribution >= 4 is 15.7 Å². The summed E-state index contributed by atoms with van der Waals surface area (Å²) < 4.78 is 31.8. The molecule has 0 amide bonds. The third-order valence-electron chi connectivity index (χ3n) is 3.62. The molecule has 0 atom stereocenters. The predicted molar refractivity (Wildman–Crippen MR) is 74.4 cm³/mol. The maximum atomic E-state index is 12.5. The van der Waals surface area contributed by atoms with Gasteiger partial charge in [0.15, 0.2) is 0 Å². The van der Waals surface area contributed by atoms with Gasteiger partial charge < -0.3 is 10.5 Å². The molecule has 0 spiro atoms. The zero-order valence-corrected chi connectivity index (χ0v) is 12.1. The minimum Gasteiger partial charge on any atom is -0.399 e. The van der Waals surface area contributed by atoms with Crippen LogP contribution in [0.5, 0.6) is 0 Å². The number of hydrogen-bond donors (Lipinski definition) is 1. The standard InChI is InChI=1S/C13H20N2O3S/c1-10-9-12(3-4-13(10)14)19(16,17)15(2)11-5-7-18-8-6-11/h3-4,9,11H,5-8,14H2,1-2H3. The first-order valence-electron chi connectivity index (χ1n) is 6.35. The summed E-state index contributed by atoms with van der Waals surface area (Å²) in [5.74, 6) is 0. The van der Waals surface area contributed by atoms with Gasteiger partial charge >= 0.3 is 0 Å². The van der Waals surface area contributed by atoms with Gasteiger partial charge in [-0.1, -0.05) is 0 Å². The molecule has 0 saturated carbocycles.